The highest BCUT2D eigenvalue weighted by atomic mass is 32.1. The smallest absolute Gasteiger partial charge is 0.112 e. The van der Waals surface area contributed by atoms with Crippen LogP contribution in [0.25, 0.3) is 11.0 Å². The van der Waals surface area contributed by atoms with Crippen LogP contribution in [0.1, 0.15) is 47.8 Å². The molecule has 2 N–H and O–H groups in total. The Morgan fingerprint density at radius 1 is 1.17 bits per heavy atom. The molecule has 3 rings (SSSR count). The highest BCUT2D eigenvalue weighted by Gasteiger charge is 2.16. The Balaban J connectivity index is 2.20. The van der Waals surface area contributed by atoms with Crippen LogP contribution in [-0.4, -0.2) is 14.5 Å². The van der Waals surface area contributed by atoms with E-state index in [0.717, 1.165) is 29.0 Å². The van der Waals surface area contributed by atoms with Crippen LogP contribution in [0.2, 0.25) is 0 Å². The predicted octanol–water partition coefficient (Wildman–Crippen LogP) is 4.46. The first-order valence-corrected chi connectivity index (χ1v) is 8.64. The van der Waals surface area contributed by atoms with E-state index < -0.39 is 0 Å². The molecule has 0 aliphatic carbocycles. The molecular formula is C20H23N3S. The van der Waals surface area contributed by atoms with Crippen LogP contribution < -0.4 is 5.73 Å². The van der Waals surface area contributed by atoms with Gasteiger partial charge in [0.25, 0.3) is 0 Å². The van der Waals surface area contributed by atoms with Crippen molar-refractivity contribution in [3.63, 3.8) is 0 Å². The van der Waals surface area contributed by atoms with Crippen molar-refractivity contribution in [2.24, 2.45) is 5.73 Å². The van der Waals surface area contributed by atoms with Crippen molar-refractivity contribution in [3.8, 4) is 0 Å². The predicted molar refractivity (Wildman–Crippen MR) is 105 cm³/mol. The number of thiocarbonyl (C=S) groups is 1. The zero-order valence-electron chi connectivity index (χ0n) is 14.6. The lowest BCUT2D eigenvalue weighted by molar-refractivity contribution is 0.683. The van der Waals surface area contributed by atoms with Crippen molar-refractivity contribution in [2.45, 2.75) is 40.2 Å². The van der Waals surface area contributed by atoms with E-state index in [9.17, 15) is 0 Å². The second-order valence-corrected chi connectivity index (χ2v) is 7.10. The molecule has 0 atom stereocenters. The number of imidazole rings is 1. The Kier molecular flexibility index (Phi) is 4.41. The molecule has 24 heavy (non-hydrogen) atoms. The summed E-state index contributed by atoms with van der Waals surface area (Å²) in [6.45, 7) is 9.35. The first-order chi connectivity index (χ1) is 11.4. The average Bonchev–Trinajstić information content (AvgIpc) is 2.86. The fourth-order valence-electron chi connectivity index (χ4n) is 3.07. The van der Waals surface area contributed by atoms with Crippen LogP contribution in [0.3, 0.4) is 0 Å². The third-order valence-electron chi connectivity index (χ3n) is 4.52. The minimum Gasteiger partial charge on any atom is -0.389 e. The molecule has 0 saturated heterocycles. The molecule has 1 aromatic heterocycles. The molecular weight excluding hydrogens is 314 g/mol. The summed E-state index contributed by atoms with van der Waals surface area (Å²) in [5, 5.41) is 0. The highest BCUT2D eigenvalue weighted by molar-refractivity contribution is 7.80. The summed E-state index contributed by atoms with van der Waals surface area (Å²) >= 11 is 5.22. The molecule has 0 aliphatic rings. The van der Waals surface area contributed by atoms with E-state index in [-0.39, 0.29) is 0 Å². The van der Waals surface area contributed by atoms with E-state index in [4.69, 9.17) is 22.9 Å². The first-order valence-electron chi connectivity index (χ1n) is 8.23. The maximum atomic E-state index is 5.90. The largest absolute Gasteiger partial charge is 0.389 e. The molecule has 124 valence electrons. The van der Waals surface area contributed by atoms with Crippen molar-refractivity contribution in [1.82, 2.24) is 9.55 Å². The van der Waals surface area contributed by atoms with Gasteiger partial charge in [0, 0.05) is 11.5 Å². The fraction of sp³-hybridized carbons (Fsp3) is 0.300. The van der Waals surface area contributed by atoms with E-state index >= 15 is 0 Å². The minimum absolute atomic E-state index is 0.343. The first kappa shape index (κ1) is 16.7. The second-order valence-electron chi connectivity index (χ2n) is 6.66. The van der Waals surface area contributed by atoms with E-state index in [1.165, 1.54) is 16.6 Å². The molecule has 0 spiro atoms. The van der Waals surface area contributed by atoms with Crippen molar-refractivity contribution in [3.05, 3.63) is 64.5 Å². The SMILES string of the molecule is Cc1cc2nc(C(C)C)n(Cc3ccccc3C(N)=S)c2cc1C. The number of benzene rings is 2. The van der Waals surface area contributed by atoms with E-state index in [1.54, 1.807) is 0 Å². The maximum absolute atomic E-state index is 5.90. The lowest BCUT2D eigenvalue weighted by atomic mass is 10.1. The number of aromatic nitrogens is 2. The molecule has 2 aromatic carbocycles. The normalized spacial score (nSPS) is 11.4. The average molecular weight is 337 g/mol. The monoisotopic (exact) mass is 337 g/mol. The van der Waals surface area contributed by atoms with Gasteiger partial charge in [0.15, 0.2) is 0 Å². The zero-order valence-corrected chi connectivity index (χ0v) is 15.4. The lowest BCUT2D eigenvalue weighted by Crippen LogP contribution is -2.15. The standard InChI is InChI=1S/C20H23N3S/c1-12(2)20-22-17-9-13(3)14(4)10-18(17)23(20)11-15-7-5-6-8-16(15)19(21)24/h5-10,12H,11H2,1-4H3,(H2,21,24). The summed E-state index contributed by atoms with van der Waals surface area (Å²) < 4.78 is 2.30. The number of nitrogens with two attached hydrogens (primary N) is 1. The van der Waals surface area contributed by atoms with Gasteiger partial charge in [-0.2, -0.15) is 0 Å². The molecule has 0 unspecified atom stereocenters. The van der Waals surface area contributed by atoms with Gasteiger partial charge in [-0.1, -0.05) is 50.3 Å². The number of hydrogen-bond donors (Lipinski definition) is 1. The third kappa shape index (κ3) is 2.94. The molecule has 0 fully saturated rings. The van der Waals surface area contributed by atoms with E-state index in [2.05, 4.69) is 50.5 Å². The van der Waals surface area contributed by atoms with Gasteiger partial charge in [-0.3, -0.25) is 0 Å². The number of fused-ring (bicyclic) bond motifs is 1. The van der Waals surface area contributed by atoms with Gasteiger partial charge >= 0.3 is 0 Å². The van der Waals surface area contributed by atoms with Gasteiger partial charge in [0.1, 0.15) is 10.8 Å². The summed E-state index contributed by atoms with van der Waals surface area (Å²) in [7, 11) is 0. The molecule has 3 nitrogen and oxygen atoms in total. The summed E-state index contributed by atoms with van der Waals surface area (Å²) in [4.78, 5) is 5.32. The number of rotatable bonds is 4. The summed E-state index contributed by atoms with van der Waals surface area (Å²) in [5.41, 5.74) is 12.7. The Hall–Kier alpha value is -2.20. The van der Waals surface area contributed by atoms with Crippen LogP contribution in [0.4, 0.5) is 0 Å². The topological polar surface area (TPSA) is 43.8 Å². The molecule has 0 radical (unpaired) electrons. The van der Waals surface area contributed by atoms with Crippen molar-refractivity contribution in [2.75, 3.05) is 0 Å². The van der Waals surface area contributed by atoms with Crippen LogP contribution in [0.15, 0.2) is 36.4 Å². The molecule has 4 heteroatoms. The Bertz CT molecular complexity index is 922. The quantitative estimate of drug-likeness (QED) is 0.715. The van der Waals surface area contributed by atoms with Crippen LogP contribution in [-0.2, 0) is 6.54 Å². The van der Waals surface area contributed by atoms with Crippen LogP contribution in [0.5, 0.6) is 0 Å². The number of aryl methyl sites for hydroxylation is 2. The number of hydrogen-bond acceptors (Lipinski definition) is 2. The minimum atomic E-state index is 0.343. The van der Waals surface area contributed by atoms with Gasteiger partial charge in [0.05, 0.1) is 17.6 Å². The summed E-state index contributed by atoms with van der Waals surface area (Å²) in [5.74, 6) is 1.43. The molecule has 0 saturated carbocycles. The molecule has 0 bridgehead atoms. The summed E-state index contributed by atoms with van der Waals surface area (Å²) in [6, 6.07) is 12.5. The maximum Gasteiger partial charge on any atom is 0.112 e. The number of nitrogens with zero attached hydrogens (tertiary/aromatic N) is 2. The van der Waals surface area contributed by atoms with Gasteiger partial charge in [-0.05, 0) is 42.7 Å². The van der Waals surface area contributed by atoms with Crippen molar-refractivity contribution >= 4 is 28.2 Å². The van der Waals surface area contributed by atoms with E-state index in [1.807, 2.05) is 18.2 Å². The third-order valence-corrected chi connectivity index (χ3v) is 4.74. The van der Waals surface area contributed by atoms with Crippen LogP contribution >= 0.6 is 12.2 Å². The van der Waals surface area contributed by atoms with Gasteiger partial charge in [-0.25, -0.2) is 4.98 Å². The van der Waals surface area contributed by atoms with Crippen molar-refractivity contribution in [1.29, 1.82) is 0 Å². The molecule has 0 aliphatic heterocycles. The molecule has 3 aromatic rings. The van der Waals surface area contributed by atoms with E-state index in [0.29, 0.717) is 10.9 Å². The second kappa shape index (κ2) is 6.36. The Labute approximate surface area is 148 Å². The van der Waals surface area contributed by atoms with Gasteiger partial charge < -0.3 is 10.3 Å². The highest BCUT2D eigenvalue weighted by Crippen LogP contribution is 2.26. The molecule has 1 heterocycles. The fourth-order valence-corrected chi connectivity index (χ4v) is 3.27. The van der Waals surface area contributed by atoms with Crippen LogP contribution in [0, 0.1) is 13.8 Å². The zero-order chi connectivity index (χ0) is 17.4. The van der Waals surface area contributed by atoms with Crippen molar-refractivity contribution < 1.29 is 0 Å². The lowest BCUT2D eigenvalue weighted by Gasteiger charge is -2.14. The Morgan fingerprint density at radius 3 is 2.50 bits per heavy atom. The Morgan fingerprint density at radius 2 is 1.83 bits per heavy atom. The summed E-state index contributed by atoms with van der Waals surface area (Å²) in [6.07, 6.45) is 0. The van der Waals surface area contributed by atoms with Gasteiger partial charge in [0.2, 0.25) is 0 Å². The van der Waals surface area contributed by atoms with Gasteiger partial charge in [-0.15, -0.1) is 0 Å². The molecule has 0 amide bonds.